The Morgan fingerprint density at radius 1 is 1.06 bits per heavy atom. The summed E-state index contributed by atoms with van der Waals surface area (Å²) in [6.07, 6.45) is 6.89. The zero-order valence-electron chi connectivity index (χ0n) is 9.88. The first-order valence-corrected chi connectivity index (χ1v) is 5.98. The number of pyridine rings is 1. The fraction of sp³-hybridized carbons (Fsp3) is 0.133. The Kier molecular flexibility index (Phi) is 2.81. The summed E-state index contributed by atoms with van der Waals surface area (Å²) >= 11 is 0. The fourth-order valence-electron chi connectivity index (χ4n) is 2.23. The maximum atomic E-state index is 13.6. The maximum Gasteiger partial charge on any atom is 0.0815 e. The molecule has 0 aliphatic rings. The first-order valence-electron chi connectivity index (χ1n) is 5.98. The van der Waals surface area contributed by atoms with Crippen molar-refractivity contribution in [3.63, 3.8) is 0 Å². The Bertz CT molecular complexity index is 659. The molecule has 0 N–H and O–H groups in total. The molecule has 0 amide bonds. The first kappa shape index (κ1) is 11.0. The fourth-order valence-corrected chi connectivity index (χ4v) is 2.23. The lowest BCUT2D eigenvalue weighted by Gasteiger charge is -1.99. The predicted octanol–water partition coefficient (Wildman–Crippen LogP) is 3.55. The molecule has 0 fully saturated rings. The van der Waals surface area contributed by atoms with Gasteiger partial charge in [-0.25, -0.2) is 0 Å². The van der Waals surface area contributed by atoms with Gasteiger partial charge in [0.15, 0.2) is 0 Å². The van der Waals surface area contributed by atoms with E-state index in [2.05, 4.69) is 4.98 Å². The van der Waals surface area contributed by atoms with Crippen molar-refractivity contribution in [3.8, 4) is 0 Å². The number of hydrogen-bond acceptors (Lipinski definition) is 1. The summed E-state index contributed by atoms with van der Waals surface area (Å²) in [5.41, 5.74) is 2.85. The molecule has 0 aliphatic carbocycles. The van der Waals surface area contributed by atoms with Gasteiger partial charge >= 0.3 is 0 Å². The van der Waals surface area contributed by atoms with E-state index in [0.29, 0.717) is 10.3 Å². The third-order valence-corrected chi connectivity index (χ3v) is 3.16. The van der Waals surface area contributed by atoms with E-state index in [1.807, 2.05) is 36.5 Å². The van der Waals surface area contributed by atoms with Crippen molar-refractivity contribution in [2.24, 2.45) is 0 Å². The van der Waals surface area contributed by atoms with Gasteiger partial charge in [-0.3, -0.25) is 4.98 Å². The first-order chi connectivity index (χ1) is 8.84. The lowest BCUT2D eigenvalue weighted by Crippen LogP contribution is -1.90. The van der Waals surface area contributed by atoms with Gasteiger partial charge in [-0.1, -0.05) is 28.7 Å². The number of hydrogen-bond donors (Lipinski definition) is 0. The average Bonchev–Trinajstić information content (AvgIpc) is 2.75. The molecule has 0 saturated carbocycles. The van der Waals surface area contributed by atoms with Crippen LogP contribution in [0, 0.1) is 0 Å². The minimum atomic E-state index is 0.638. The summed E-state index contributed by atoms with van der Waals surface area (Å²) in [7, 11) is 0. The normalized spacial score (nSPS) is 10.9. The van der Waals surface area contributed by atoms with E-state index in [1.165, 1.54) is 5.56 Å². The average molecular weight is 240 g/mol. The largest absolute Gasteiger partial charge is 0.264 e. The molecule has 2 nitrogen and oxygen atoms in total. The highest BCUT2D eigenvalue weighted by molar-refractivity contribution is 5.83. The lowest BCUT2D eigenvalue weighted by molar-refractivity contribution is 0.387. The second-order valence-corrected chi connectivity index (χ2v) is 4.34. The molecule has 0 unspecified atom stereocenters. The van der Waals surface area contributed by atoms with Crippen LogP contribution >= 0.6 is 0 Å². The quantitative estimate of drug-likeness (QED) is 0.684. The summed E-state index contributed by atoms with van der Waals surface area (Å²) in [6, 6.07) is 11.5. The van der Waals surface area contributed by atoms with E-state index in [0.717, 1.165) is 23.8 Å². The van der Waals surface area contributed by atoms with Crippen LogP contribution < -0.4 is 0 Å². The standard InChI is InChI=1S/C15H13FN2/c16-18-11-13(14-5-1-2-6-15(14)18)8-7-12-4-3-9-17-10-12/h1-6,9-11H,7-8H2. The number of rotatable bonds is 3. The van der Waals surface area contributed by atoms with Crippen LogP contribution in [0.4, 0.5) is 4.48 Å². The minimum Gasteiger partial charge on any atom is -0.264 e. The predicted molar refractivity (Wildman–Crippen MR) is 70.1 cm³/mol. The number of aryl methyl sites for hydroxylation is 2. The smallest absolute Gasteiger partial charge is 0.0815 e. The molecule has 18 heavy (non-hydrogen) atoms. The van der Waals surface area contributed by atoms with Crippen LogP contribution in [0.2, 0.25) is 0 Å². The van der Waals surface area contributed by atoms with Crippen LogP contribution in [-0.4, -0.2) is 9.77 Å². The van der Waals surface area contributed by atoms with E-state index in [-0.39, 0.29) is 0 Å². The van der Waals surface area contributed by atoms with Gasteiger partial charge < -0.3 is 0 Å². The highest BCUT2D eigenvalue weighted by Crippen LogP contribution is 2.22. The van der Waals surface area contributed by atoms with Crippen molar-refractivity contribution >= 4 is 10.9 Å². The van der Waals surface area contributed by atoms with Crippen molar-refractivity contribution in [1.82, 2.24) is 9.77 Å². The Labute approximate surface area is 105 Å². The second-order valence-electron chi connectivity index (χ2n) is 4.34. The molecule has 0 spiro atoms. The van der Waals surface area contributed by atoms with Crippen LogP contribution in [0.15, 0.2) is 55.0 Å². The van der Waals surface area contributed by atoms with Crippen molar-refractivity contribution in [2.45, 2.75) is 12.8 Å². The van der Waals surface area contributed by atoms with Crippen LogP contribution in [0.1, 0.15) is 11.1 Å². The molecular formula is C15H13FN2. The molecule has 3 aromatic rings. The second kappa shape index (κ2) is 4.61. The van der Waals surface area contributed by atoms with Gasteiger partial charge in [0, 0.05) is 24.0 Å². The minimum absolute atomic E-state index is 0.638. The van der Waals surface area contributed by atoms with Crippen LogP contribution in [-0.2, 0) is 12.8 Å². The molecular weight excluding hydrogens is 227 g/mol. The third kappa shape index (κ3) is 1.99. The van der Waals surface area contributed by atoms with Gasteiger partial charge in [-0.2, -0.15) is 4.79 Å². The number of fused-ring (bicyclic) bond motifs is 1. The van der Waals surface area contributed by atoms with Gasteiger partial charge in [0.25, 0.3) is 0 Å². The Morgan fingerprint density at radius 3 is 2.78 bits per heavy atom. The molecule has 3 heteroatoms. The van der Waals surface area contributed by atoms with Crippen molar-refractivity contribution in [1.29, 1.82) is 0 Å². The summed E-state index contributed by atoms with van der Waals surface area (Å²) in [6.45, 7) is 0. The maximum absolute atomic E-state index is 13.6. The summed E-state index contributed by atoms with van der Waals surface area (Å²) < 4.78 is 13.6. The van der Waals surface area contributed by atoms with E-state index in [9.17, 15) is 4.48 Å². The molecule has 3 rings (SSSR count). The number of halogens is 1. The van der Waals surface area contributed by atoms with Gasteiger partial charge in [0.1, 0.15) is 0 Å². The molecule has 0 radical (unpaired) electrons. The van der Waals surface area contributed by atoms with Crippen LogP contribution in [0.3, 0.4) is 0 Å². The summed E-state index contributed by atoms with van der Waals surface area (Å²) in [5.74, 6) is 0. The highest BCUT2D eigenvalue weighted by atomic mass is 19.2. The Morgan fingerprint density at radius 2 is 1.94 bits per heavy atom. The van der Waals surface area contributed by atoms with E-state index < -0.39 is 0 Å². The molecule has 0 bridgehead atoms. The van der Waals surface area contributed by atoms with E-state index in [1.54, 1.807) is 18.5 Å². The van der Waals surface area contributed by atoms with Gasteiger partial charge in [-0.15, -0.1) is 0 Å². The highest BCUT2D eigenvalue weighted by Gasteiger charge is 2.07. The molecule has 0 aliphatic heterocycles. The lowest BCUT2D eigenvalue weighted by atomic mass is 10.1. The number of benzene rings is 1. The van der Waals surface area contributed by atoms with Crippen LogP contribution in [0.5, 0.6) is 0 Å². The SMILES string of the molecule is Fn1cc(CCc2cccnc2)c2ccccc21. The van der Waals surface area contributed by atoms with Crippen molar-refractivity contribution in [2.75, 3.05) is 0 Å². The molecule has 0 saturated heterocycles. The summed E-state index contributed by atoms with van der Waals surface area (Å²) in [4.78, 5) is 4.79. The van der Waals surface area contributed by atoms with Gasteiger partial charge in [0.2, 0.25) is 0 Å². The molecule has 0 atom stereocenters. The molecule has 2 heterocycles. The number of nitrogens with zero attached hydrogens (tertiary/aromatic N) is 2. The van der Waals surface area contributed by atoms with E-state index in [4.69, 9.17) is 0 Å². The zero-order chi connectivity index (χ0) is 12.4. The molecule has 90 valence electrons. The van der Waals surface area contributed by atoms with Gasteiger partial charge in [0.05, 0.1) is 5.52 Å². The number of para-hydroxylation sites is 1. The van der Waals surface area contributed by atoms with E-state index >= 15 is 0 Å². The molecule has 1 aromatic carbocycles. The third-order valence-electron chi connectivity index (χ3n) is 3.16. The van der Waals surface area contributed by atoms with Crippen molar-refractivity contribution in [3.05, 3.63) is 66.1 Å². The zero-order valence-corrected chi connectivity index (χ0v) is 9.88. The summed E-state index contributed by atoms with van der Waals surface area (Å²) in [5, 5.41) is 0.990. The van der Waals surface area contributed by atoms with Crippen molar-refractivity contribution < 1.29 is 4.48 Å². The molecule has 2 aromatic heterocycles. The Balaban J connectivity index is 1.87. The topological polar surface area (TPSA) is 17.8 Å². The monoisotopic (exact) mass is 240 g/mol. The number of aromatic nitrogens is 2. The van der Waals surface area contributed by atoms with Crippen LogP contribution in [0.25, 0.3) is 10.9 Å². The van der Waals surface area contributed by atoms with Gasteiger partial charge in [-0.05, 0) is 36.1 Å². The Hall–Kier alpha value is -2.16.